The number of hydrogen-bond donors (Lipinski definition) is 0. The Kier molecular flexibility index (Phi) is 16.7. The van der Waals surface area contributed by atoms with Crippen LogP contribution in [0.3, 0.4) is 0 Å². The number of para-hydroxylation sites is 2. The van der Waals surface area contributed by atoms with Crippen molar-refractivity contribution in [2.24, 2.45) is 0 Å². The molecular weight excluding hydrogens is 1290 g/mol. The van der Waals surface area contributed by atoms with E-state index in [1.165, 1.54) is 192 Å². The Hall–Kier alpha value is -14.0. The van der Waals surface area contributed by atoms with Crippen molar-refractivity contribution in [2.45, 2.75) is 0 Å². The van der Waals surface area contributed by atoms with Crippen molar-refractivity contribution in [3.05, 3.63) is 431 Å². The molecule has 0 unspecified atom stereocenters. The molecular formula is C106H71N. The van der Waals surface area contributed by atoms with E-state index in [1.54, 1.807) is 0 Å². The third kappa shape index (κ3) is 11.8. The average molecular weight is 1360 g/mol. The van der Waals surface area contributed by atoms with Crippen LogP contribution in [0.2, 0.25) is 0 Å². The smallest absolute Gasteiger partial charge is 0.0547 e. The fourth-order valence-electron chi connectivity index (χ4n) is 16.6. The summed E-state index contributed by atoms with van der Waals surface area (Å²) in [6.45, 7) is 0. The van der Waals surface area contributed by atoms with E-state index in [1.807, 2.05) is 0 Å². The van der Waals surface area contributed by atoms with E-state index in [0.717, 1.165) is 0 Å². The molecule has 0 atom stereocenters. The van der Waals surface area contributed by atoms with Gasteiger partial charge in [-0.2, -0.15) is 0 Å². The van der Waals surface area contributed by atoms with E-state index in [-0.39, 0.29) is 0 Å². The van der Waals surface area contributed by atoms with Gasteiger partial charge in [0.2, 0.25) is 0 Å². The second kappa shape index (κ2) is 28.0. The molecule has 1 heteroatoms. The predicted octanol–water partition coefficient (Wildman–Crippen LogP) is 29.6. The number of rotatable bonds is 9. The maximum Gasteiger partial charge on any atom is 0.0547 e. The normalized spacial score (nSPS) is 11.4. The molecule has 1 nitrogen and oxygen atoms in total. The molecule has 107 heavy (non-hydrogen) atoms. The Morgan fingerprint density at radius 1 is 0.131 bits per heavy atom. The molecule has 0 radical (unpaired) electrons. The zero-order chi connectivity index (χ0) is 71.0. The van der Waals surface area contributed by atoms with Crippen molar-refractivity contribution in [2.75, 3.05) is 0 Å². The monoisotopic (exact) mass is 1360 g/mol. The van der Waals surface area contributed by atoms with Crippen LogP contribution in [0.15, 0.2) is 431 Å². The van der Waals surface area contributed by atoms with Crippen molar-refractivity contribution >= 4 is 97.2 Å². The molecule has 0 amide bonds. The summed E-state index contributed by atoms with van der Waals surface area (Å²) in [5, 5.41) is 20.5. The molecule has 0 N–H and O–H groups in total. The van der Waals surface area contributed by atoms with Gasteiger partial charge in [0.05, 0.1) is 11.0 Å². The third-order valence-electron chi connectivity index (χ3n) is 21.5. The van der Waals surface area contributed by atoms with Crippen LogP contribution >= 0.6 is 0 Å². The lowest BCUT2D eigenvalue weighted by Crippen LogP contribution is -1.93. The lowest BCUT2D eigenvalue weighted by atomic mass is 9.84. The van der Waals surface area contributed by atoms with Gasteiger partial charge >= 0.3 is 0 Å². The van der Waals surface area contributed by atoms with Crippen LogP contribution in [0.1, 0.15) is 0 Å². The van der Waals surface area contributed by atoms with Gasteiger partial charge in [-0.25, -0.2) is 0 Å². The minimum Gasteiger partial charge on any atom is -0.309 e. The van der Waals surface area contributed by atoms with E-state index >= 15 is 0 Å². The standard InChI is InChI=1S/C44H29N.C42H28.C20H14/c1-3-13-31(14-4-1)43-37-18-7-9-20-39(37)44(40-21-10-8-19-38(40)43)32-25-23-30(24-26-32)33-27-28-36-35-17-11-12-22-41(35)45(42(36)29-33)34-15-5-2-6-16-34;1-3-14-30(15-4-1)40-28-34(25-26-35(40)33-24-23-29-13-7-8-18-32(29)27-33)42-38-21-11-9-19-36(38)41(31-16-5-2-6-17-31)37-20-10-12-22-39(37)42;1-2-8-15(9-3-1)20-18-12-6-4-10-16(18)14-17-11-5-7-13-19(17)20/h1-29H;1-28H;1-14H. The molecule has 21 aromatic rings. The molecule has 20 aromatic carbocycles. The molecule has 1 aromatic heterocycles. The van der Waals surface area contributed by atoms with Gasteiger partial charge in [-0.05, 0) is 207 Å². The van der Waals surface area contributed by atoms with Gasteiger partial charge in [-0.1, -0.05) is 388 Å². The van der Waals surface area contributed by atoms with Gasteiger partial charge < -0.3 is 4.57 Å². The van der Waals surface area contributed by atoms with E-state index < -0.39 is 0 Å². The maximum absolute atomic E-state index is 2.40. The first-order valence-corrected chi connectivity index (χ1v) is 37.0. The topological polar surface area (TPSA) is 4.93 Å². The van der Waals surface area contributed by atoms with Gasteiger partial charge in [-0.15, -0.1) is 0 Å². The molecule has 500 valence electrons. The van der Waals surface area contributed by atoms with E-state index in [9.17, 15) is 0 Å². The second-order valence-corrected chi connectivity index (χ2v) is 27.7. The minimum absolute atomic E-state index is 1.17. The van der Waals surface area contributed by atoms with E-state index in [0.29, 0.717) is 0 Å². The highest BCUT2D eigenvalue weighted by Crippen LogP contribution is 2.48. The molecule has 0 saturated heterocycles. The minimum atomic E-state index is 1.17. The van der Waals surface area contributed by atoms with Crippen molar-refractivity contribution in [1.82, 2.24) is 4.57 Å². The summed E-state index contributed by atoms with van der Waals surface area (Å²) >= 11 is 0. The largest absolute Gasteiger partial charge is 0.309 e. The highest BCUT2D eigenvalue weighted by atomic mass is 15.0. The number of fused-ring (bicyclic) bond motifs is 10. The highest BCUT2D eigenvalue weighted by molar-refractivity contribution is 6.23. The van der Waals surface area contributed by atoms with Gasteiger partial charge in [0, 0.05) is 16.5 Å². The zero-order valence-electron chi connectivity index (χ0n) is 58.9. The molecule has 0 saturated carbocycles. The molecule has 0 fully saturated rings. The van der Waals surface area contributed by atoms with Crippen LogP contribution in [-0.2, 0) is 0 Å². The molecule has 0 bridgehead atoms. The lowest BCUT2D eigenvalue weighted by molar-refractivity contribution is 1.18. The summed E-state index contributed by atoms with van der Waals surface area (Å²) in [5.41, 5.74) is 23.7. The Morgan fingerprint density at radius 3 is 0.925 bits per heavy atom. The Morgan fingerprint density at radius 2 is 0.449 bits per heavy atom. The number of nitrogens with zero attached hydrogens (tertiary/aromatic N) is 1. The van der Waals surface area contributed by atoms with Crippen LogP contribution in [0.25, 0.3) is 192 Å². The summed E-state index contributed by atoms with van der Waals surface area (Å²) < 4.78 is 2.38. The molecule has 0 aliphatic carbocycles. The maximum atomic E-state index is 2.40. The first kappa shape index (κ1) is 63.9. The Bertz CT molecular complexity index is 6710. The van der Waals surface area contributed by atoms with Crippen molar-refractivity contribution < 1.29 is 0 Å². The fourth-order valence-corrected chi connectivity index (χ4v) is 16.6. The molecule has 1 heterocycles. The second-order valence-electron chi connectivity index (χ2n) is 27.7. The first-order chi connectivity index (χ1) is 53.1. The molecule has 0 aliphatic heterocycles. The molecule has 0 spiro atoms. The Labute approximate surface area is 623 Å². The summed E-state index contributed by atoms with van der Waals surface area (Å²) in [6.07, 6.45) is 0. The van der Waals surface area contributed by atoms with Crippen molar-refractivity contribution in [1.29, 1.82) is 0 Å². The van der Waals surface area contributed by atoms with Gasteiger partial charge in [0.1, 0.15) is 0 Å². The average Bonchev–Trinajstić information content (AvgIpc) is 0.842. The predicted molar refractivity (Wildman–Crippen MR) is 460 cm³/mol. The number of benzene rings is 20. The highest BCUT2D eigenvalue weighted by Gasteiger charge is 2.21. The quantitative estimate of drug-likeness (QED) is 0.127. The summed E-state index contributed by atoms with van der Waals surface area (Å²) in [6, 6.07) is 156. The van der Waals surface area contributed by atoms with Gasteiger partial charge in [0.15, 0.2) is 0 Å². The Balaban J connectivity index is 0.000000117. The third-order valence-corrected chi connectivity index (χ3v) is 21.5. The number of aromatic nitrogens is 1. The SMILES string of the molecule is c1ccc(-c2c3ccccc3c(-c3ccc(-c4ccc5c6ccccc6n(-c6ccccc6)c5c4)cc3)c3ccccc23)cc1.c1ccc(-c2c3ccccc3cc3ccccc23)cc1.c1ccc(-c2cc(-c3c4ccccc4c(-c4ccccc4)c4ccccc34)ccc2-c2ccc3ccccc3c2)cc1. The van der Waals surface area contributed by atoms with Crippen molar-refractivity contribution in [3.63, 3.8) is 0 Å². The summed E-state index contributed by atoms with van der Waals surface area (Å²) in [7, 11) is 0. The first-order valence-electron chi connectivity index (χ1n) is 37.0. The number of hydrogen-bond acceptors (Lipinski definition) is 0. The van der Waals surface area contributed by atoms with Crippen LogP contribution in [0.5, 0.6) is 0 Å². The van der Waals surface area contributed by atoms with Gasteiger partial charge in [0.25, 0.3) is 0 Å². The van der Waals surface area contributed by atoms with Crippen LogP contribution in [0, 0.1) is 0 Å². The zero-order valence-corrected chi connectivity index (χ0v) is 58.9. The van der Waals surface area contributed by atoms with Gasteiger partial charge in [-0.3, -0.25) is 0 Å². The van der Waals surface area contributed by atoms with Crippen LogP contribution in [-0.4, -0.2) is 4.57 Å². The van der Waals surface area contributed by atoms with E-state index in [4.69, 9.17) is 0 Å². The van der Waals surface area contributed by atoms with Crippen LogP contribution in [0.4, 0.5) is 0 Å². The molecule has 21 rings (SSSR count). The van der Waals surface area contributed by atoms with Crippen molar-refractivity contribution in [3.8, 4) is 94.7 Å². The van der Waals surface area contributed by atoms with E-state index in [2.05, 4.69) is 435 Å². The van der Waals surface area contributed by atoms with Crippen LogP contribution < -0.4 is 0 Å². The fraction of sp³-hybridized carbons (Fsp3) is 0. The molecule has 0 aliphatic rings. The summed E-state index contributed by atoms with van der Waals surface area (Å²) in [4.78, 5) is 0. The lowest BCUT2D eigenvalue weighted by Gasteiger charge is -2.19. The summed E-state index contributed by atoms with van der Waals surface area (Å²) in [5.74, 6) is 0.